The molecule has 21 heavy (non-hydrogen) atoms. The van der Waals surface area contributed by atoms with Gasteiger partial charge in [-0.2, -0.15) is 5.26 Å². The van der Waals surface area contributed by atoms with Crippen molar-refractivity contribution in [2.45, 2.75) is 31.7 Å². The third-order valence-corrected chi connectivity index (χ3v) is 3.61. The number of phenolic OH excluding ortho intramolecular Hbond substituents is 1. The van der Waals surface area contributed by atoms with E-state index in [9.17, 15) is 9.90 Å². The molecule has 0 aromatic heterocycles. The Morgan fingerprint density at radius 2 is 2.19 bits per heavy atom. The van der Waals surface area contributed by atoms with Gasteiger partial charge < -0.3 is 15.2 Å². The molecule has 0 aliphatic heterocycles. The zero-order valence-corrected chi connectivity index (χ0v) is 11.9. The van der Waals surface area contributed by atoms with Crippen LogP contribution in [0.5, 0.6) is 11.5 Å². The van der Waals surface area contributed by atoms with Gasteiger partial charge in [-0.15, -0.1) is 0 Å². The number of hydrogen-bond donors (Lipinski definition) is 2. The van der Waals surface area contributed by atoms with Crippen LogP contribution >= 0.6 is 0 Å². The topological polar surface area (TPSA) is 82.3 Å². The van der Waals surface area contributed by atoms with E-state index >= 15 is 0 Å². The average molecular weight is 286 g/mol. The number of nitriles is 1. The van der Waals surface area contributed by atoms with Gasteiger partial charge in [0, 0.05) is 11.6 Å². The summed E-state index contributed by atoms with van der Waals surface area (Å²) < 4.78 is 5.01. The summed E-state index contributed by atoms with van der Waals surface area (Å²) in [6.07, 6.45) is 5.49. The molecule has 1 aliphatic carbocycles. The monoisotopic (exact) mass is 286 g/mol. The molecule has 5 nitrogen and oxygen atoms in total. The van der Waals surface area contributed by atoms with Crippen LogP contribution in [0.2, 0.25) is 0 Å². The van der Waals surface area contributed by atoms with Gasteiger partial charge in [0.1, 0.15) is 11.6 Å². The summed E-state index contributed by atoms with van der Waals surface area (Å²) in [6.45, 7) is 0. The van der Waals surface area contributed by atoms with Crippen molar-refractivity contribution in [2.24, 2.45) is 0 Å². The van der Waals surface area contributed by atoms with Crippen molar-refractivity contribution < 1.29 is 14.6 Å². The van der Waals surface area contributed by atoms with E-state index in [0.29, 0.717) is 11.3 Å². The Morgan fingerprint density at radius 1 is 1.48 bits per heavy atom. The SMILES string of the molecule is COc1cccc(/C=C(\C#N)C(=O)NC2CCCC2)c1O. The number of rotatable bonds is 4. The Labute approximate surface area is 123 Å². The summed E-state index contributed by atoms with van der Waals surface area (Å²) in [5.41, 5.74) is 0.359. The molecule has 0 heterocycles. The number of benzene rings is 1. The van der Waals surface area contributed by atoms with Gasteiger partial charge in [-0.05, 0) is 25.0 Å². The third-order valence-electron chi connectivity index (χ3n) is 3.61. The second-order valence-corrected chi connectivity index (χ2v) is 5.02. The molecule has 1 aromatic rings. The van der Waals surface area contributed by atoms with E-state index in [1.54, 1.807) is 18.2 Å². The summed E-state index contributed by atoms with van der Waals surface area (Å²) in [4.78, 5) is 12.1. The van der Waals surface area contributed by atoms with Gasteiger partial charge in [0.25, 0.3) is 5.91 Å². The van der Waals surface area contributed by atoms with Crippen molar-refractivity contribution in [1.82, 2.24) is 5.32 Å². The van der Waals surface area contributed by atoms with Gasteiger partial charge in [0.2, 0.25) is 0 Å². The fourth-order valence-electron chi connectivity index (χ4n) is 2.46. The van der Waals surface area contributed by atoms with Gasteiger partial charge in [0.15, 0.2) is 11.5 Å². The van der Waals surface area contributed by atoms with Crippen LogP contribution in [0.3, 0.4) is 0 Å². The molecule has 1 fully saturated rings. The molecule has 5 heteroatoms. The van der Waals surface area contributed by atoms with Crippen molar-refractivity contribution in [3.05, 3.63) is 29.3 Å². The number of carbonyl (C=O) groups excluding carboxylic acids is 1. The molecule has 2 N–H and O–H groups in total. The summed E-state index contributed by atoms with van der Waals surface area (Å²) in [5.74, 6) is -0.176. The molecule has 0 bridgehead atoms. The molecular formula is C16H18N2O3. The van der Waals surface area contributed by atoms with Crippen molar-refractivity contribution in [2.75, 3.05) is 7.11 Å². The molecule has 1 aromatic carbocycles. The Balaban J connectivity index is 2.20. The van der Waals surface area contributed by atoms with Crippen LogP contribution in [-0.2, 0) is 4.79 Å². The van der Waals surface area contributed by atoms with Crippen LogP contribution in [0.1, 0.15) is 31.2 Å². The molecule has 0 radical (unpaired) electrons. The Hall–Kier alpha value is -2.48. The second-order valence-electron chi connectivity index (χ2n) is 5.02. The lowest BCUT2D eigenvalue weighted by Crippen LogP contribution is -2.33. The highest BCUT2D eigenvalue weighted by Crippen LogP contribution is 2.30. The van der Waals surface area contributed by atoms with E-state index in [2.05, 4.69) is 5.32 Å². The Kier molecular flexibility index (Phi) is 4.83. The molecule has 110 valence electrons. The zero-order valence-electron chi connectivity index (χ0n) is 11.9. The largest absolute Gasteiger partial charge is 0.504 e. The number of para-hydroxylation sites is 1. The van der Waals surface area contributed by atoms with E-state index in [-0.39, 0.29) is 17.4 Å². The minimum absolute atomic E-state index is 0.0227. The number of nitrogens with zero attached hydrogens (tertiary/aromatic N) is 1. The predicted octanol–water partition coefficient (Wildman–Crippen LogP) is 2.37. The Morgan fingerprint density at radius 3 is 2.81 bits per heavy atom. The number of ether oxygens (including phenoxy) is 1. The van der Waals surface area contributed by atoms with Crippen LogP contribution in [0.4, 0.5) is 0 Å². The van der Waals surface area contributed by atoms with Crippen LogP contribution < -0.4 is 10.1 Å². The first-order chi connectivity index (χ1) is 10.2. The first kappa shape index (κ1) is 14.9. The van der Waals surface area contributed by atoms with E-state index in [1.807, 2.05) is 6.07 Å². The maximum atomic E-state index is 12.1. The van der Waals surface area contributed by atoms with Gasteiger partial charge in [-0.1, -0.05) is 25.0 Å². The van der Waals surface area contributed by atoms with Gasteiger partial charge in [-0.3, -0.25) is 4.79 Å². The van der Waals surface area contributed by atoms with Crippen LogP contribution in [-0.4, -0.2) is 24.2 Å². The van der Waals surface area contributed by atoms with Crippen LogP contribution in [0.25, 0.3) is 6.08 Å². The van der Waals surface area contributed by atoms with Crippen molar-refractivity contribution >= 4 is 12.0 Å². The highest BCUT2D eigenvalue weighted by Gasteiger charge is 2.19. The molecule has 1 saturated carbocycles. The molecule has 2 rings (SSSR count). The number of aromatic hydroxyl groups is 1. The van der Waals surface area contributed by atoms with Gasteiger partial charge >= 0.3 is 0 Å². The minimum Gasteiger partial charge on any atom is -0.504 e. The quantitative estimate of drug-likeness (QED) is 0.657. The molecule has 0 spiro atoms. The second kappa shape index (κ2) is 6.80. The molecule has 0 unspecified atom stereocenters. The summed E-state index contributed by atoms with van der Waals surface area (Å²) in [5, 5.41) is 22.0. The van der Waals surface area contributed by atoms with Crippen LogP contribution in [0, 0.1) is 11.3 Å². The average Bonchev–Trinajstić information content (AvgIpc) is 2.99. The first-order valence-electron chi connectivity index (χ1n) is 6.94. The molecular weight excluding hydrogens is 268 g/mol. The van der Waals surface area contributed by atoms with Crippen molar-refractivity contribution in [3.8, 4) is 17.6 Å². The molecule has 1 amide bonds. The predicted molar refractivity (Wildman–Crippen MR) is 78.6 cm³/mol. The first-order valence-corrected chi connectivity index (χ1v) is 6.94. The fourth-order valence-corrected chi connectivity index (χ4v) is 2.46. The van der Waals surface area contributed by atoms with E-state index in [4.69, 9.17) is 10.00 Å². The van der Waals surface area contributed by atoms with Gasteiger partial charge in [-0.25, -0.2) is 0 Å². The van der Waals surface area contributed by atoms with E-state index < -0.39 is 5.91 Å². The number of amides is 1. The summed E-state index contributed by atoms with van der Waals surface area (Å²) in [6, 6.07) is 6.95. The number of hydrogen-bond acceptors (Lipinski definition) is 4. The zero-order chi connectivity index (χ0) is 15.2. The normalized spacial score (nSPS) is 15.5. The van der Waals surface area contributed by atoms with E-state index in [0.717, 1.165) is 25.7 Å². The van der Waals surface area contributed by atoms with Crippen LogP contribution in [0.15, 0.2) is 23.8 Å². The fraction of sp³-hybridized carbons (Fsp3) is 0.375. The summed E-state index contributed by atoms with van der Waals surface area (Å²) in [7, 11) is 1.44. The number of carbonyl (C=O) groups is 1. The van der Waals surface area contributed by atoms with E-state index in [1.165, 1.54) is 13.2 Å². The van der Waals surface area contributed by atoms with Gasteiger partial charge in [0.05, 0.1) is 7.11 Å². The highest BCUT2D eigenvalue weighted by atomic mass is 16.5. The smallest absolute Gasteiger partial charge is 0.262 e. The minimum atomic E-state index is -0.397. The molecule has 1 aliphatic rings. The van der Waals surface area contributed by atoms with Crippen molar-refractivity contribution in [3.63, 3.8) is 0 Å². The number of methoxy groups -OCH3 is 1. The lowest BCUT2D eigenvalue weighted by Gasteiger charge is -2.11. The maximum absolute atomic E-state index is 12.1. The lowest BCUT2D eigenvalue weighted by atomic mass is 10.1. The summed E-state index contributed by atoms with van der Waals surface area (Å²) >= 11 is 0. The molecule has 0 saturated heterocycles. The third kappa shape index (κ3) is 3.54. The highest BCUT2D eigenvalue weighted by molar-refractivity contribution is 6.02. The Bertz CT molecular complexity index is 596. The number of phenols is 1. The van der Waals surface area contributed by atoms with Crippen molar-refractivity contribution in [1.29, 1.82) is 5.26 Å². The standard InChI is InChI=1S/C16H18N2O3/c1-21-14-8-4-5-11(15(14)19)9-12(10-17)16(20)18-13-6-2-3-7-13/h4-5,8-9,13,19H,2-3,6-7H2,1H3,(H,18,20)/b12-9+. The maximum Gasteiger partial charge on any atom is 0.262 e. The lowest BCUT2D eigenvalue weighted by molar-refractivity contribution is -0.117. The number of nitrogens with one attached hydrogen (secondary N) is 1. The molecule has 0 atom stereocenters.